The number of aromatic nitrogens is 4. The van der Waals surface area contributed by atoms with E-state index in [4.69, 9.17) is 9.84 Å². The summed E-state index contributed by atoms with van der Waals surface area (Å²) >= 11 is 0. The Bertz CT molecular complexity index is 697. The molecule has 21 heavy (non-hydrogen) atoms. The Labute approximate surface area is 119 Å². The molecule has 1 saturated heterocycles. The highest BCUT2D eigenvalue weighted by Crippen LogP contribution is 2.30. The van der Waals surface area contributed by atoms with Crippen LogP contribution in [0.15, 0.2) is 11.1 Å². The summed E-state index contributed by atoms with van der Waals surface area (Å²) < 4.78 is 7.17. The smallest absolute Gasteiger partial charge is 0.280 e. The van der Waals surface area contributed by atoms with Gasteiger partial charge in [0.15, 0.2) is 11.2 Å². The Balaban J connectivity index is 2.01. The van der Waals surface area contributed by atoms with Gasteiger partial charge < -0.3 is 20.3 Å². The van der Waals surface area contributed by atoms with Crippen molar-refractivity contribution in [2.75, 3.05) is 18.5 Å². The van der Waals surface area contributed by atoms with Crippen LogP contribution in [0.3, 0.4) is 0 Å². The number of nitrogens with zero attached hydrogens (tertiary/aromatic N) is 3. The molecule has 1 aliphatic rings. The van der Waals surface area contributed by atoms with E-state index < -0.39 is 18.4 Å². The van der Waals surface area contributed by atoms with E-state index in [1.807, 2.05) is 6.92 Å². The fraction of sp³-hybridized carbons (Fsp3) is 0.583. The zero-order valence-electron chi connectivity index (χ0n) is 11.5. The number of ether oxygens (including phenoxy) is 1. The number of H-pyrrole nitrogens is 1. The van der Waals surface area contributed by atoms with Crippen LogP contribution in [0, 0.1) is 0 Å². The second-order valence-corrected chi connectivity index (χ2v) is 4.88. The van der Waals surface area contributed by atoms with E-state index in [2.05, 4.69) is 20.3 Å². The molecular formula is C12H17N5O4. The van der Waals surface area contributed by atoms with Crippen LogP contribution in [-0.4, -0.2) is 55.1 Å². The fourth-order valence-electron chi connectivity index (χ4n) is 2.44. The molecule has 0 bridgehead atoms. The number of nitrogens with one attached hydrogen (secondary N) is 2. The van der Waals surface area contributed by atoms with Gasteiger partial charge in [-0.1, -0.05) is 0 Å². The molecule has 9 heteroatoms. The van der Waals surface area contributed by atoms with Crippen molar-refractivity contribution in [3.63, 3.8) is 0 Å². The third-order valence-electron chi connectivity index (χ3n) is 3.47. The molecule has 0 spiro atoms. The highest BCUT2D eigenvalue weighted by molar-refractivity contribution is 5.70. The van der Waals surface area contributed by atoms with Crippen molar-refractivity contribution in [1.82, 2.24) is 19.5 Å². The molecule has 0 saturated carbocycles. The van der Waals surface area contributed by atoms with Crippen molar-refractivity contribution in [3.05, 3.63) is 16.7 Å². The molecule has 0 aliphatic carbocycles. The third kappa shape index (κ3) is 2.39. The lowest BCUT2D eigenvalue weighted by Gasteiger charge is -2.13. The van der Waals surface area contributed by atoms with Gasteiger partial charge in [0.1, 0.15) is 12.3 Å². The third-order valence-corrected chi connectivity index (χ3v) is 3.47. The summed E-state index contributed by atoms with van der Waals surface area (Å²) in [5.41, 5.74) is 0.250. The van der Waals surface area contributed by atoms with Crippen LogP contribution in [0.4, 0.5) is 5.95 Å². The van der Waals surface area contributed by atoms with Gasteiger partial charge in [-0.15, -0.1) is 0 Å². The largest absolute Gasteiger partial charge is 0.394 e. The highest BCUT2D eigenvalue weighted by Gasteiger charge is 2.35. The number of anilines is 1. The first-order chi connectivity index (χ1) is 10.1. The number of aromatic amines is 1. The van der Waals surface area contributed by atoms with Crippen molar-refractivity contribution in [2.24, 2.45) is 0 Å². The zero-order chi connectivity index (χ0) is 15.0. The Morgan fingerprint density at radius 3 is 3.10 bits per heavy atom. The molecule has 4 N–H and O–H groups in total. The van der Waals surface area contributed by atoms with Crippen LogP contribution in [0.1, 0.15) is 19.6 Å². The molecule has 3 atom stereocenters. The normalized spacial score (nSPS) is 25.6. The number of imidazole rings is 1. The van der Waals surface area contributed by atoms with Gasteiger partial charge in [0.05, 0.1) is 19.0 Å². The standard InChI is InChI=1S/C12H17N5O4/c1-2-13-12-15-10-9(11(20)16-12)14-5-17(10)8-3-6(19)7(4-18)21-8/h5-8,18-19H,2-4H2,1H3,(H2,13,15,16,20)/t6?,7-,8-/m1/s1. The minimum absolute atomic E-state index is 0.210. The molecule has 3 heterocycles. The molecule has 1 aliphatic heterocycles. The van der Waals surface area contributed by atoms with Gasteiger partial charge in [0.2, 0.25) is 5.95 Å². The molecule has 0 amide bonds. The maximum atomic E-state index is 11.9. The number of hydrogen-bond donors (Lipinski definition) is 4. The summed E-state index contributed by atoms with van der Waals surface area (Å²) in [6.45, 7) is 2.25. The number of hydrogen-bond acceptors (Lipinski definition) is 7. The quantitative estimate of drug-likeness (QED) is 0.581. The average Bonchev–Trinajstić information content (AvgIpc) is 3.02. The van der Waals surface area contributed by atoms with Crippen LogP contribution in [-0.2, 0) is 4.74 Å². The lowest BCUT2D eigenvalue weighted by Crippen LogP contribution is -2.24. The van der Waals surface area contributed by atoms with Gasteiger partial charge in [-0.25, -0.2) is 4.98 Å². The fourth-order valence-corrected chi connectivity index (χ4v) is 2.44. The van der Waals surface area contributed by atoms with E-state index >= 15 is 0 Å². The lowest BCUT2D eigenvalue weighted by atomic mass is 10.2. The highest BCUT2D eigenvalue weighted by atomic mass is 16.5. The van der Waals surface area contributed by atoms with Gasteiger partial charge in [0.25, 0.3) is 5.56 Å². The van der Waals surface area contributed by atoms with Crippen LogP contribution < -0.4 is 10.9 Å². The van der Waals surface area contributed by atoms with Gasteiger partial charge in [-0.3, -0.25) is 14.3 Å². The average molecular weight is 295 g/mol. The number of aliphatic hydroxyl groups excluding tert-OH is 2. The Morgan fingerprint density at radius 2 is 2.43 bits per heavy atom. The second kappa shape index (κ2) is 5.43. The molecule has 3 rings (SSSR count). The summed E-state index contributed by atoms with van der Waals surface area (Å²) in [4.78, 5) is 22.9. The van der Waals surface area contributed by atoms with Gasteiger partial charge >= 0.3 is 0 Å². The predicted molar refractivity (Wildman–Crippen MR) is 73.9 cm³/mol. The van der Waals surface area contributed by atoms with Gasteiger partial charge in [-0.05, 0) is 6.92 Å². The summed E-state index contributed by atoms with van der Waals surface area (Å²) in [6, 6.07) is 0. The van der Waals surface area contributed by atoms with E-state index in [0.29, 0.717) is 24.6 Å². The Hall–Kier alpha value is -1.97. The number of rotatable bonds is 4. The van der Waals surface area contributed by atoms with Crippen molar-refractivity contribution in [3.8, 4) is 0 Å². The molecule has 1 fully saturated rings. The molecule has 1 unspecified atom stereocenters. The first kappa shape index (κ1) is 14.0. The Kier molecular flexibility index (Phi) is 3.62. The number of aliphatic hydroxyl groups is 2. The van der Waals surface area contributed by atoms with Crippen molar-refractivity contribution >= 4 is 17.1 Å². The summed E-state index contributed by atoms with van der Waals surface area (Å²) in [5.74, 6) is 0.356. The zero-order valence-corrected chi connectivity index (χ0v) is 11.5. The maximum absolute atomic E-state index is 11.9. The maximum Gasteiger partial charge on any atom is 0.280 e. The second-order valence-electron chi connectivity index (χ2n) is 4.88. The van der Waals surface area contributed by atoms with Crippen LogP contribution in [0.5, 0.6) is 0 Å². The SMILES string of the molecule is CCNc1nc2c(ncn2[C@H]2CC(O)[C@@H](CO)O2)c(=O)[nH]1. The van der Waals surface area contributed by atoms with Crippen molar-refractivity contribution < 1.29 is 14.9 Å². The summed E-state index contributed by atoms with van der Waals surface area (Å²) in [7, 11) is 0. The minimum atomic E-state index is -0.757. The summed E-state index contributed by atoms with van der Waals surface area (Å²) in [6.07, 6.45) is -0.136. The molecule has 9 nitrogen and oxygen atoms in total. The molecule has 2 aromatic rings. The van der Waals surface area contributed by atoms with Crippen LogP contribution in [0.2, 0.25) is 0 Å². The van der Waals surface area contributed by atoms with E-state index in [-0.39, 0.29) is 17.7 Å². The van der Waals surface area contributed by atoms with Crippen molar-refractivity contribution in [2.45, 2.75) is 31.8 Å². The lowest BCUT2D eigenvalue weighted by molar-refractivity contribution is -0.0432. The van der Waals surface area contributed by atoms with E-state index in [9.17, 15) is 9.90 Å². The topological polar surface area (TPSA) is 125 Å². The first-order valence-corrected chi connectivity index (χ1v) is 6.79. The minimum Gasteiger partial charge on any atom is -0.394 e. The molecule has 2 aromatic heterocycles. The predicted octanol–water partition coefficient (Wildman–Crippen LogP) is -0.808. The van der Waals surface area contributed by atoms with E-state index in [1.165, 1.54) is 6.33 Å². The summed E-state index contributed by atoms with van der Waals surface area (Å²) in [5, 5.41) is 21.9. The molecule has 0 aromatic carbocycles. The molecule has 114 valence electrons. The molecular weight excluding hydrogens is 278 g/mol. The van der Waals surface area contributed by atoms with Crippen LogP contribution >= 0.6 is 0 Å². The monoisotopic (exact) mass is 295 g/mol. The van der Waals surface area contributed by atoms with Gasteiger partial charge in [-0.2, -0.15) is 4.98 Å². The molecule has 0 radical (unpaired) electrons. The Morgan fingerprint density at radius 1 is 1.62 bits per heavy atom. The van der Waals surface area contributed by atoms with E-state index in [0.717, 1.165) is 0 Å². The van der Waals surface area contributed by atoms with Gasteiger partial charge in [0, 0.05) is 13.0 Å². The van der Waals surface area contributed by atoms with Crippen molar-refractivity contribution in [1.29, 1.82) is 0 Å². The van der Waals surface area contributed by atoms with E-state index in [1.54, 1.807) is 4.57 Å². The van der Waals surface area contributed by atoms with Crippen LogP contribution in [0.25, 0.3) is 11.2 Å². The first-order valence-electron chi connectivity index (χ1n) is 6.79. The number of fused-ring (bicyclic) bond motifs is 1.